The predicted molar refractivity (Wildman–Crippen MR) is 126 cm³/mol. The van der Waals surface area contributed by atoms with E-state index in [0.717, 1.165) is 29.6 Å². The van der Waals surface area contributed by atoms with E-state index in [1.165, 1.54) is 21.5 Å². The Bertz CT molecular complexity index is 1560. The molecule has 1 aromatic carbocycles. The Morgan fingerprint density at radius 1 is 1.20 bits per heavy atom. The fourth-order valence-electron chi connectivity index (χ4n) is 4.22. The molecule has 35 heavy (non-hydrogen) atoms. The molecule has 0 saturated heterocycles. The van der Waals surface area contributed by atoms with Crippen molar-refractivity contribution in [1.82, 2.24) is 24.0 Å². The van der Waals surface area contributed by atoms with E-state index in [-0.39, 0.29) is 12.6 Å². The lowest BCUT2D eigenvalue weighted by Gasteiger charge is -2.26. The Labute approximate surface area is 200 Å². The molecular formula is C23H22N6O5S. The molecule has 1 aliphatic heterocycles. The van der Waals surface area contributed by atoms with Crippen molar-refractivity contribution in [3.05, 3.63) is 59.9 Å². The molecule has 6 rings (SSSR count). The van der Waals surface area contributed by atoms with Gasteiger partial charge in [-0.1, -0.05) is 5.16 Å². The summed E-state index contributed by atoms with van der Waals surface area (Å²) in [7, 11) is -3.30. The zero-order valence-electron chi connectivity index (χ0n) is 18.8. The highest BCUT2D eigenvalue weighted by Gasteiger charge is 2.29. The topological polar surface area (TPSA) is 132 Å². The van der Waals surface area contributed by atoms with E-state index in [4.69, 9.17) is 9.26 Å². The number of hydrogen-bond donors (Lipinski definition) is 1. The van der Waals surface area contributed by atoms with Crippen LogP contribution in [0.2, 0.25) is 0 Å². The second-order valence-corrected chi connectivity index (χ2v) is 10.8. The van der Waals surface area contributed by atoms with Gasteiger partial charge in [-0.15, -0.1) is 0 Å². The molecule has 1 amide bonds. The lowest BCUT2D eigenvalue weighted by atomic mass is 10.1. The molecular weight excluding hydrogens is 472 g/mol. The van der Waals surface area contributed by atoms with Gasteiger partial charge in [-0.25, -0.2) is 23.2 Å². The van der Waals surface area contributed by atoms with Crippen LogP contribution in [0.1, 0.15) is 35.8 Å². The van der Waals surface area contributed by atoms with Crippen LogP contribution < -0.4 is 10.1 Å². The van der Waals surface area contributed by atoms with E-state index in [2.05, 4.69) is 20.4 Å². The van der Waals surface area contributed by atoms with Crippen molar-refractivity contribution in [2.45, 2.75) is 31.7 Å². The van der Waals surface area contributed by atoms with E-state index >= 15 is 0 Å². The molecule has 1 N–H and O–H groups in total. The number of anilines is 1. The Hall–Kier alpha value is -3.77. The summed E-state index contributed by atoms with van der Waals surface area (Å²) in [5.74, 6) is 2.56. The molecule has 0 bridgehead atoms. The van der Waals surface area contributed by atoms with E-state index in [9.17, 15) is 13.2 Å². The van der Waals surface area contributed by atoms with E-state index in [1.807, 2.05) is 12.1 Å². The number of carbonyl (C=O) groups excluding carboxylic acids is 1. The Morgan fingerprint density at radius 3 is 2.86 bits per heavy atom. The number of carbonyl (C=O) groups is 1. The molecule has 4 aromatic rings. The van der Waals surface area contributed by atoms with Crippen LogP contribution in [0, 0.1) is 0 Å². The smallest absolute Gasteiger partial charge is 0.331 e. The minimum atomic E-state index is -3.30. The zero-order chi connectivity index (χ0) is 24.2. The third-order valence-electron chi connectivity index (χ3n) is 6.24. The summed E-state index contributed by atoms with van der Waals surface area (Å²) in [4.78, 5) is 21.3. The van der Waals surface area contributed by atoms with Crippen molar-refractivity contribution in [2.75, 3.05) is 18.1 Å². The summed E-state index contributed by atoms with van der Waals surface area (Å²) in [5.41, 5.74) is 2.13. The maximum absolute atomic E-state index is 12.8. The second kappa shape index (κ2) is 8.17. The maximum Gasteiger partial charge on any atom is 0.331 e. The Balaban J connectivity index is 1.21. The highest BCUT2D eigenvalue weighted by Crippen LogP contribution is 2.40. The molecule has 0 radical (unpaired) electrons. The van der Waals surface area contributed by atoms with Crippen LogP contribution in [0.4, 0.5) is 10.6 Å². The van der Waals surface area contributed by atoms with Crippen LogP contribution in [0.15, 0.2) is 47.4 Å². The first kappa shape index (κ1) is 21.7. The van der Waals surface area contributed by atoms with Gasteiger partial charge in [0.2, 0.25) is 15.9 Å². The SMILES string of the molecule is CS(=O)(=O)N1CCc2c(ncnc2Oc2ccc3c(ccn3C(=O)Nc3cc(C4CC4)on3)c2)C1. The van der Waals surface area contributed by atoms with E-state index in [1.54, 1.807) is 24.4 Å². The molecule has 0 atom stereocenters. The summed E-state index contributed by atoms with van der Waals surface area (Å²) in [5, 5.41) is 7.51. The van der Waals surface area contributed by atoms with Crippen LogP contribution in [0.25, 0.3) is 10.9 Å². The van der Waals surface area contributed by atoms with Gasteiger partial charge in [0, 0.05) is 35.7 Å². The third kappa shape index (κ3) is 4.26. The largest absolute Gasteiger partial charge is 0.439 e. The lowest BCUT2D eigenvalue weighted by molar-refractivity contribution is 0.254. The molecule has 11 nitrogen and oxygen atoms in total. The first-order chi connectivity index (χ1) is 16.8. The highest BCUT2D eigenvalue weighted by atomic mass is 32.2. The fourth-order valence-corrected chi connectivity index (χ4v) is 5.00. The van der Waals surface area contributed by atoms with Gasteiger partial charge in [-0.3, -0.25) is 9.88 Å². The standard InChI is InChI=1S/C23H22N6O5S/c1-35(31,32)28-8-7-17-18(12-28)24-13-25-22(17)33-16-4-5-19-15(10-16)6-9-29(19)23(30)26-21-11-20(34-27-21)14-2-3-14/h4-6,9-11,13-14H,2-3,7-8,12H2,1H3,(H,26,27,30). The average Bonchev–Trinajstić information content (AvgIpc) is 3.43. The minimum absolute atomic E-state index is 0.192. The van der Waals surface area contributed by atoms with Crippen molar-refractivity contribution in [3.8, 4) is 11.6 Å². The molecule has 1 fully saturated rings. The van der Waals surface area contributed by atoms with Gasteiger partial charge in [0.05, 0.1) is 24.0 Å². The fraction of sp³-hybridized carbons (Fsp3) is 0.304. The van der Waals surface area contributed by atoms with Crippen molar-refractivity contribution in [1.29, 1.82) is 0 Å². The summed E-state index contributed by atoms with van der Waals surface area (Å²) < 4.78 is 38.0. The number of amides is 1. The molecule has 0 unspecified atom stereocenters. The van der Waals surface area contributed by atoms with E-state index in [0.29, 0.717) is 47.5 Å². The van der Waals surface area contributed by atoms with Gasteiger partial charge < -0.3 is 9.26 Å². The predicted octanol–water partition coefficient (Wildman–Crippen LogP) is 3.49. The average molecular weight is 495 g/mol. The molecule has 1 saturated carbocycles. The van der Waals surface area contributed by atoms with Crippen LogP contribution >= 0.6 is 0 Å². The summed E-state index contributed by atoms with van der Waals surface area (Å²) >= 11 is 0. The Morgan fingerprint density at radius 2 is 2.06 bits per heavy atom. The highest BCUT2D eigenvalue weighted by molar-refractivity contribution is 7.88. The number of benzene rings is 1. The number of sulfonamides is 1. The summed E-state index contributed by atoms with van der Waals surface area (Å²) in [6.07, 6.45) is 6.88. The third-order valence-corrected chi connectivity index (χ3v) is 7.49. The van der Waals surface area contributed by atoms with Crippen LogP contribution in [-0.4, -0.2) is 51.2 Å². The van der Waals surface area contributed by atoms with Crippen molar-refractivity contribution < 1.29 is 22.5 Å². The minimum Gasteiger partial charge on any atom is -0.439 e. The molecule has 0 spiro atoms. The van der Waals surface area contributed by atoms with Crippen molar-refractivity contribution >= 4 is 32.8 Å². The lowest BCUT2D eigenvalue weighted by Crippen LogP contribution is -2.35. The van der Waals surface area contributed by atoms with Crippen LogP contribution in [-0.2, 0) is 23.0 Å². The normalized spacial score (nSPS) is 16.3. The van der Waals surface area contributed by atoms with Gasteiger partial charge in [-0.2, -0.15) is 4.31 Å². The molecule has 3 aromatic heterocycles. The Kier molecular flexibility index (Phi) is 5.07. The number of nitrogens with zero attached hydrogens (tertiary/aromatic N) is 5. The number of nitrogens with one attached hydrogen (secondary N) is 1. The van der Waals surface area contributed by atoms with Crippen molar-refractivity contribution in [2.24, 2.45) is 0 Å². The molecule has 180 valence electrons. The summed E-state index contributed by atoms with van der Waals surface area (Å²) in [6.45, 7) is 0.540. The number of ether oxygens (including phenoxy) is 1. The van der Waals surface area contributed by atoms with E-state index < -0.39 is 10.0 Å². The molecule has 1 aliphatic carbocycles. The first-order valence-electron chi connectivity index (χ1n) is 11.2. The van der Waals surface area contributed by atoms with Crippen LogP contribution in [0.3, 0.4) is 0 Å². The monoisotopic (exact) mass is 494 g/mol. The maximum atomic E-state index is 12.8. The number of aromatic nitrogens is 4. The van der Waals surface area contributed by atoms with Gasteiger partial charge in [0.15, 0.2) is 5.82 Å². The first-order valence-corrected chi connectivity index (χ1v) is 13.0. The zero-order valence-corrected chi connectivity index (χ0v) is 19.7. The van der Waals surface area contributed by atoms with Gasteiger partial charge >= 0.3 is 6.03 Å². The molecule has 2 aliphatic rings. The van der Waals surface area contributed by atoms with Gasteiger partial charge in [0.25, 0.3) is 0 Å². The second-order valence-electron chi connectivity index (χ2n) is 8.78. The number of hydrogen-bond acceptors (Lipinski definition) is 8. The van der Waals surface area contributed by atoms with Gasteiger partial charge in [-0.05, 0) is 43.5 Å². The van der Waals surface area contributed by atoms with Crippen LogP contribution in [0.5, 0.6) is 11.6 Å². The quantitative estimate of drug-likeness (QED) is 0.446. The van der Waals surface area contributed by atoms with Crippen molar-refractivity contribution in [3.63, 3.8) is 0 Å². The number of rotatable bonds is 5. The molecule has 12 heteroatoms. The molecule has 4 heterocycles. The summed E-state index contributed by atoms with van der Waals surface area (Å²) in [6, 6.07) is 8.62. The number of fused-ring (bicyclic) bond motifs is 2. The van der Waals surface area contributed by atoms with Gasteiger partial charge in [0.1, 0.15) is 17.8 Å².